The molecule has 0 saturated carbocycles. The molecule has 0 spiro atoms. The smallest absolute Gasteiger partial charge is 0.309 e. The highest BCUT2D eigenvalue weighted by molar-refractivity contribution is 5.73. The van der Waals surface area contributed by atoms with Gasteiger partial charge in [0.2, 0.25) is 0 Å². The minimum Gasteiger partial charge on any atom is -0.481 e. The number of hydrogen-bond acceptors (Lipinski definition) is 1. The summed E-state index contributed by atoms with van der Waals surface area (Å²) in [5.74, 6) is -0.347. The first kappa shape index (κ1) is 18.2. The number of carbonyl (C=O) groups is 1. The van der Waals surface area contributed by atoms with Gasteiger partial charge in [-0.2, -0.15) is 0 Å². The summed E-state index contributed by atoms with van der Waals surface area (Å²) in [6, 6.07) is 0. The van der Waals surface area contributed by atoms with Crippen LogP contribution < -0.4 is 0 Å². The van der Waals surface area contributed by atoms with Crippen LogP contribution in [-0.2, 0) is 4.79 Å². The molecule has 0 aromatic carbocycles. The highest BCUT2D eigenvalue weighted by atomic mass is 16.4. The second-order valence-corrected chi connectivity index (χ2v) is 8.34. The standard InChI is InChI=1S/C17H32O2/c1-13(10-9-11-15(2,3)4)16(5,6)12-17(7,8)14(18)19/h9-10,13H,11-12H2,1-8H3,(H,18,19)/b10-9-. The molecule has 0 fully saturated rings. The normalized spacial score (nSPS) is 15.8. The fraction of sp³-hybridized carbons (Fsp3) is 0.824. The van der Waals surface area contributed by atoms with E-state index >= 15 is 0 Å². The molecule has 0 amide bonds. The van der Waals surface area contributed by atoms with Gasteiger partial charge < -0.3 is 5.11 Å². The molecule has 0 rings (SSSR count). The lowest BCUT2D eigenvalue weighted by Crippen LogP contribution is -2.33. The minimum absolute atomic E-state index is 0.0176. The molecule has 2 nitrogen and oxygen atoms in total. The number of rotatable bonds is 6. The summed E-state index contributed by atoms with van der Waals surface area (Å²) < 4.78 is 0. The summed E-state index contributed by atoms with van der Waals surface area (Å²) >= 11 is 0. The van der Waals surface area contributed by atoms with Crippen molar-refractivity contribution >= 4 is 5.97 Å². The van der Waals surface area contributed by atoms with Crippen LogP contribution in [0.15, 0.2) is 12.2 Å². The molecule has 0 saturated heterocycles. The molecule has 1 atom stereocenters. The molecule has 2 heteroatoms. The van der Waals surface area contributed by atoms with Gasteiger partial charge >= 0.3 is 5.97 Å². The zero-order valence-corrected chi connectivity index (χ0v) is 14.0. The van der Waals surface area contributed by atoms with Gasteiger partial charge in [0.1, 0.15) is 0 Å². The van der Waals surface area contributed by atoms with Crippen molar-refractivity contribution in [1.29, 1.82) is 0 Å². The fourth-order valence-corrected chi connectivity index (χ4v) is 2.26. The van der Waals surface area contributed by atoms with E-state index in [0.29, 0.717) is 17.8 Å². The molecule has 0 aliphatic carbocycles. The van der Waals surface area contributed by atoms with Crippen LogP contribution in [0.3, 0.4) is 0 Å². The first-order valence-electron chi connectivity index (χ1n) is 7.18. The Balaban J connectivity index is 4.69. The molecular weight excluding hydrogens is 236 g/mol. The lowest BCUT2D eigenvalue weighted by Gasteiger charge is -2.36. The summed E-state index contributed by atoms with van der Waals surface area (Å²) in [5.41, 5.74) is -0.382. The topological polar surface area (TPSA) is 37.3 Å². The number of carboxylic acids is 1. The summed E-state index contributed by atoms with van der Waals surface area (Å²) in [6.45, 7) is 16.8. The van der Waals surface area contributed by atoms with Crippen molar-refractivity contribution in [3.05, 3.63) is 12.2 Å². The van der Waals surface area contributed by atoms with Crippen molar-refractivity contribution in [3.63, 3.8) is 0 Å². The molecule has 0 aliphatic heterocycles. The van der Waals surface area contributed by atoms with Gasteiger partial charge in [0.15, 0.2) is 0 Å². The Morgan fingerprint density at radius 3 is 1.95 bits per heavy atom. The summed E-state index contributed by atoms with van der Waals surface area (Å²) in [4.78, 5) is 11.2. The summed E-state index contributed by atoms with van der Waals surface area (Å²) in [5, 5.41) is 9.25. The lowest BCUT2D eigenvalue weighted by atomic mass is 9.68. The maximum atomic E-state index is 11.2. The highest BCUT2D eigenvalue weighted by Crippen LogP contribution is 2.40. The van der Waals surface area contributed by atoms with Crippen LogP contribution in [0.4, 0.5) is 0 Å². The quantitative estimate of drug-likeness (QED) is 0.677. The van der Waals surface area contributed by atoms with Gasteiger partial charge in [-0.3, -0.25) is 4.79 Å². The van der Waals surface area contributed by atoms with Gasteiger partial charge in [0.25, 0.3) is 0 Å². The largest absolute Gasteiger partial charge is 0.481 e. The SMILES string of the molecule is CC(/C=C\CC(C)(C)C)C(C)(C)CC(C)(C)C(=O)O. The Morgan fingerprint density at radius 1 is 1.11 bits per heavy atom. The Labute approximate surface area is 119 Å². The molecular formula is C17H32O2. The van der Waals surface area contributed by atoms with Crippen molar-refractivity contribution in [2.24, 2.45) is 22.2 Å². The number of carboxylic acid groups (broad SMARTS) is 1. The van der Waals surface area contributed by atoms with E-state index in [1.54, 1.807) is 0 Å². The lowest BCUT2D eigenvalue weighted by molar-refractivity contribution is -0.149. The van der Waals surface area contributed by atoms with Gasteiger partial charge in [0, 0.05) is 0 Å². The van der Waals surface area contributed by atoms with Crippen molar-refractivity contribution < 1.29 is 9.90 Å². The van der Waals surface area contributed by atoms with Crippen molar-refractivity contribution in [1.82, 2.24) is 0 Å². The monoisotopic (exact) mass is 268 g/mol. The predicted molar refractivity (Wildman–Crippen MR) is 82.2 cm³/mol. The maximum Gasteiger partial charge on any atom is 0.309 e. The van der Waals surface area contributed by atoms with Gasteiger partial charge in [-0.25, -0.2) is 0 Å². The van der Waals surface area contributed by atoms with Crippen LogP contribution in [0.5, 0.6) is 0 Å². The zero-order chi connectivity index (χ0) is 15.5. The molecule has 1 unspecified atom stereocenters. The Kier molecular flexibility index (Phi) is 5.85. The van der Waals surface area contributed by atoms with E-state index in [4.69, 9.17) is 0 Å². The Morgan fingerprint density at radius 2 is 1.58 bits per heavy atom. The molecule has 0 bridgehead atoms. The van der Waals surface area contributed by atoms with Gasteiger partial charge in [-0.15, -0.1) is 0 Å². The van der Waals surface area contributed by atoms with Gasteiger partial charge in [-0.05, 0) is 43.4 Å². The van der Waals surface area contributed by atoms with E-state index in [0.717, 1.165) is 6.42 Å². The van der Waals surface area contributed by atoms with E-state index in [9.17, 15) is 9.90 Å². The first-order chi connectivity index (χ1) is 8.28. The second kappa shape index (κ2) is 6.11. The average molecular weight is 268 g/mol. The molecule has 1 N–H and O–H groups in total. The van der Waals surface area contributed by atoms with E-state index in [1.165, 1.54) is 0 Å². The summed E-state index contributed by atoms with van der Waals surface area (Å²) in [7, 11) is 0. The van der Waals surface area contributed by atoms with Crippen molar-refractivity contribution in [3.8, 4) is 0 Å². The van der Waals surface area contributed by atoms with Crippen LogP contribution >= 0.6 is 0 Å². The maximum absolute atomic E-state index is 11.2. The van der Waals surface area contributed by atoms with Crippen LogP contribution in [0, 0.1) is 22.2 Å². The third-order valence-corrected chi connectivity index (χ3v) is 3.86. The van der Waals surface area contributed by atoms with Crippen molar-refractivity contribution in [2.75, 3.05) is 0 Å². The summed E-state index contributed by atoms with van der Waals surface area (Å²) in [6.07, 6.45) is 6.20. The Hall–Kier alpha value is -0.790. The third kappa shape index (κ3) is 6.79. The van der Waals surface area contributed by atoms with E-state index in [1.807, 2.05) is 13.8 Å². The van der Waals surface area contributed by atoms with Gasteiger partial charge in [0.05, 0.1) is 5.41 Å². The third-order valence-electron chi connectivity index (χ3n) is 3.86. The molecule has 19 heavy (non-hydrogen) atoms. The number of aliphatic carboxylic acids is 1. The van der Waals surface area contributed by atoms with E-state index in [-0.39, 0.29) is 5.41 Å². The molecule has 0 heterocycles. The fourth-order valence-electron chi connectivity index (χ4n) is 2.26. The van der Waals surface area contributed by atoms with Crippen LogP contribution in [0.2, 0.25) is 0 Å². The van der Waals surface area contributed by atoms with E-state index in [2.05, 4.69) is 53.7 Å². The minimum atomic E-state index is -0.716. The second-order valence-electron chi connectivity index (χ2n) is 8.34. The van der Waals surface area contributed by atoms with Crippen LogP contribution in [-0.4, -0.2) is 11.1 Å². The van der Waals surface area contributed by atoms with Crippen LogP contribution in [0.1, 0.15) is 68.2 Å². The highest BCUT2D eigenvalue weighted by Gasteiger charge is 2.36. The molecule has 0 aliphatic rings. The first-order valence-corrected chi connectivity index (χ1v) is 7.18. The molecule has 0 radical (unpaired) electrons. The molecule has 0 aromatic heterocycles. The average Bonchev–Trinajstić information content (AvgIpc) is 2.13. The van der Waals surface area contributed by atoms with E-state index < -0.39 is 11.4 Å². The zero-order valence-electron chi connectivity index (χ0n) is 14.0. The Bertz CT molecular complexity index is 330. The van der Waals surface area contributed by atoms with Crippen molar-refractivity contribution in [2.45, 2.75) is 68.2 Å². The number of allylic oxidation sites excluding steroid dienone is 2. The predicted octanol–water partition coefficient (Wildman–Crippen LogP) is 5.14. The van der Waals surface area contributed by atoms with Gasteiger partial charge in [-0.1, -0.05) is 53.7 Å². The molecule has 0 aromatic rings. The van der Waals surface area contributed by atoms with Crippen LogP contribution in [0.25, 0.3) is 0 Å². The molecule has 112 valence electrons. The number of hydrogen-bond donors (Lipinski definition) is 1.